The van der Waals surface area contributed by atoms with E-state index in [2.05, 4.69) is 6.92 Å². The van der Waals surface area contributed by atoms with Crippen LogP contribution in [0.1, 0.15) is 36.5 Å². The van der Waals surface area contributed by atoms with Gasteiger partial charge >= 0.3 is 0 Å². The second-order valence-corrected chi connectivity index (χ2v) is 5.35. The molecule has 20 heavy (non-hydrogen) atoms. The van der Waals surface area contributed by atoms with E-state index in [9.17, 15) is 4.79 Å². The molecule has 110 valence electrons. The first-order valence-electron chi connectivity index (χ1n) is 7.46. The first kappa shape index (κ1) is 14.9. The fraction of sp³-hybridized carbons (Fsp3) is 0.562. The highest BCUT2D eigenvalue weighted by Crippen LogP contribution is 2.20. The second-order valence-electron chi connectivity index (χ2n) is 5.35. The minimum atomic E-state index is 0.0995. The van der Waals surface area contributed by atoms with E-state index >= 15 is 0 Å². The first-order valence-corrected chi connectivity index (χ1v) is 7.46. The molecule has 0 unspecified atom stereocenters. The molecule has 0 saturated carbocycles. The molecule has 0 aromatic heterocycles. The molecule has 2 N–H and O–H groups in total. The second kappa shape index (κ2) is 7.29. The molecule has 1 aromatic carbocycles. The number of benzene rings is 1. The lowest BCUT2D eigenvalue weighted by Crippen LogP contribution is -2.40. The van der Waals surface area contributed by atoms with E-state index in [1.54, 1.807) is 0 Å². The van der Waals surface area contributed by atoms with Crippen molar-refractivity contribution in [1.29, 1.82) is 0 Å². The molecule has 4 heteroatoms. The third kappa shape index (κ3) is 3.73. The van der Waals surface area contributed by atoms with Crippen LogP contribution in [0.15, 0.2) is 24.3 Å². The lowest BCUT2D eigenvalue weighted by atomic mass is 9.96. The predicted octanol–water partition coefficient (Wildman–Crippen LogP) is 2.29. The molecule has 0 bridgehead atoms. The van der Waals surface area contributed by atoms with Crippen LogP contribution in [0.5, 0.6) is 5.75 Å². The zero-order valence-corrected chi connectivity index (χ0v) is 12.2. The summed E-state index contributed by atoms with van der Waals surface area (Å²) in [6, 6.07) is 7.47. The van der Waals surface area contributed by atoms with E-state index < -0.39 is 0 Å². The summed E-state index contributed by atoms with van der Waals surface area (Å²) in [6.07, 6.45) is 2.98. The number of hydrogen-bond acceptors (Lipinski definition) is 3. The van der Waals surface area contributed by atoms with Crippen molar-refractivity contribution in [3.05, 3.63) is 29.8 Å². The molecule has 1 amide bonds. The van der Waals surface area contributed by atoms with Crippen molar-refractivity contribution in [3.63, 3.8) is 0 Å². The van der Waals surface area contributed by atoms with E-state index in [-0.39, 0.29) is 5.91 Å². The maximum atomic E-state index is 12.5. The van der Waals surface area contributed by atoms with Crippen LogP contribution in [0.3, 0.4) is 0 Å². The Morgan fingerprint density at radius 2 is 2.15 bits per heavy atom. The van der Waals surface area contributed by atoms with Crippen LogP contribution in [0, 0.1) is 5.92 Å². The molecule has 1 aliphatic rings. The topological polar surface area (TPSA) is 55.6 Å². The number of carbonyl (C=O) groups is 1. The Bertz CT molecular complexity index is 440. The van der Waals surface area contributed by atoms with Crippen molar-refractivity contribution in [2.75, 3.05) is 26.2 Å². The van der Waals surface area contributed by atoms with Gasteiger partial charge in [0.05, 0.1) is 6.61 Å². The van der Waals surface area contributed by atoms with Gasteiger partial charge in [-0.15, -0.1) is 0 Å². The van der Waals surface area contributed by atoms with E-state index in [0.717, 1.165) is 44.6 Å². The average molecular weight is 276 g/mol. The van der Waals surface area contributed by atoms with Crippen LogP contribution in [-0.4, -0.2) is 37.0 Å². The highest BCUT2D eigenvalue weighted by Gasteiger charge is 2.22. The quantitative estimate of drug-likeness (QED) is 0.897. The molecule has 1 fully saturated rings. The van der Waals surface area contributed by atoms with Crippen LogP contribution in [0.2, 0.25) is 0 Å². The zero-order valence-electron chi connectivity index (χ0n) is 12.2. The van der Waals surface area contributed by atoms with Crippen LogP contribution in [-0.2, 0) is 0 Å². The Balaban J connectivity index is 1.98. The molecule has 1 aliphatic heterocycles. The normalized spacial score (nSPS) is 16.2. The van der Waals surface area contributed by atoms with Crippen LogP contribution < -0.4 is 10.5 Å². The zero-order chi connectivity index (χ0) is 14.4. The lowest BCUT2D eigenvalue weighted by molar-refractivity contribution is 0.0693. The third-order valence-electron chi connectivity index (χ3n) is 3.79. The number of likely N-dealkylation sites (tertiary alicyclic amines) is 1. The first-order chi connectivity index (χ1) is 9.74. The fourth-order valence-electron chi connectivity index (χ4n) is 2.49. The summed E-state index contributed by atoms with van der Waals surface area (Å²) in [5, 5.41) is 0. The molecule has 4 nitrogen and oxygen atoms in total. The minimum Gasteiger partial charge on any atom is -0.494 e. The Morgan fingerprint density at radius 3 is 2.80 bits per heavy atom. The van der Waals surface area contributed by atoms with Gasteiger partial charge in [0, 0.05) is 18.7 Å². The molecule has 0 spiro atoms. The molecule has 0 atom stereocenters. The summed E-state index contributed by atoms with van der Waals surface area (Å²) in [6.45, 7) is 5.08. The van der Waals surface area contributed by atoms with Gasteiger partial charge in [-0.2, -0.15) is 0 Å². The summed E-state index contributed by atoms with van der Waals surface area (Å²) >= 11 is 0. The van der Waals surface area contributed by atoms with Crippen molar-refractivity contribution in [2.45, 2.75) is 26.2 Å². The van der Waals surface area contributed by atoms with E-state index in [1.807, 2.05) is 29.2 Å². The maximum Gasteiger partial charge on any atom is 0.253 e. The fourth-order valence-corrected chi connectivity index (χ4v) is 2.49. The molecule has 1 saturated heterocycles. The van der Waals surface area contributed by atoms with Gasteiger partial charge < -0.3 is 15.4 Å². The standard InChI is InChI=1S/C16H24N2O2/c1-2-10-20-15-5-3-4-14(11-15)16(19)18-8-6-13(12-17)7-9-18/h3-5,11,13H,2,6-10,12,17H2,1H3. The highest BCUT2D eigenvalue weighted by atomic mass is 16.5. The van der Waals surface area contributed by atoms with E-state index in [0.29, 0.717) is 18.1 Å². The number of amides is 1. The molecule has 0 radical (unpaired) electrons. The van der Waals surface area contributed by atoms with Crippen LogP contribution >= 0.6 is 0 Å². The Labute approximate surface area is 120 Å². The molecular weight excluding hydrogens is 252 g/mol. The Kier molecular flexibility index (Phi) is 5.41. The van der Waals surface area contributed by atoms with Crippen molar-refractivity contribution < 1.29 is 9.53 Å². The number of nitrogens with zero attached hydrogens (tertiary/aromatic N) is 1. The van der Waals surface area contributed by atoms with Crippen molar-refractivity contribution in [1.82, 2.24) is 4.90 Å². The number of rotatable bonds is 5. The summed E-state index contributed by atoms with van der Waals surface area (Å²) in [5.41, 5.74) is 6.40. The highest BCUT2D eigenvalue weighted by molar-refractivity contribution is 5.94. The summed E-state index contributed by atoms with van der Waals surface area (Å²) < 4.78 is 5.58. The largest absolute Gasteiger partial charge is 0.494 e. The van der Waals surface area contributed by atoms with Crippen molar-refractivity contribution in [3.8, 4) is 5.75 Å². The molecule has 1 heterocycles. The predicted molar refractivity (Wildman–Crippen MR) is 79.9 cm³/mol. The number of hydrogen-bond donors (Lipinski definition) is 1. The molecule has 2 rings (SSSR count). The summed E-state index contributed by atoms with van der Waals surface area (Å²) in [7, 11) is 0. The monoisotopic (exact) mass is 276 g/mol. The average Bonchev–Trinajstić information content (AvgIpc) is 2.52. The smallest absolute Gasteiger partial charge is 0.253 e. The molecular formula is C16H24N2O2. The van der Waals surface area contributed by atoms with Gasteiger partial charge in [0.25, 0.3) is 5.91 Å². The van der Waals surface area contributed by atoms with Crippen LogP contribution in [0.4, 0.5) is 0 Å². The van der Waals surface area contributed by atoms with Crippen molar-refractivity contribution in [2.24, 2.45) is 11.7 Å². The summed E-state index contributed by atoms with van der Waals surface area (Å²) in [5.74, 6) is 1.44. The number of nitrogens with two attached hydrogens (primary N) is 1. The van der Waals surface area contributed by atoms with Gasteiger partial charge in [0.1, 0.15) is 5.75 Å². The number of ether oxygens (including phenoxy) is 1. The molecule has 0 aliphatic carbocycles. The van der Waals surface area contributed by atoms with Gasteiger partial charge in [-0.05, 0) is 49.9 Å². The Hall–Kier alpha value is -1.55. The maximum absolute atomic E-state index is 12.5. The molecule has 1 aromatic rings. The lowest BCUT2D eigenvalue weighted by Gasteiger charge is -2.31. The van der Waals surface area contributed by atoms with Gasteiger partial charge in [-0.1, -0.05) is 13.0 Å². The van der Waals surface area contributed by atoms with Crippen molar-refractivity contribution >= 4 is 5.91 Å². The number of carbonyl (C=O) groups excluding carboxylic acids is 1. The van der Waals surface area contributed by atoms with Gasteiger partial charge in [-0.25, -0.2) is 0 Å². The van der Waals surface area contributed by atoms with E-state index in [1.165, 1.54) is 0 Å². The third-order valence-corrected chi connectivity index (χ3v) is 3.79. The minimum absolute atomic E-state index is 0.0995. The SMILES string of the molecule is CCCOc1cccc(C(=O)N2CCC(CN)CC2)c1. The Morgan fingerprint density at radius 1 is 1.40 bits per heavy atom. The number of piperidine rings is 1. The van der Waals surface area contributed by atoms with Gasteiger partial charge in [0.2, 0.25) is 0 Å². The summed E-state index contributed by atoms with van der Waals surface area (Å²) in [4.78, 5) is 14.4. The van der Waals surface area contributed by atoms with E-state index in [4.69, 9.17) is 10.5 Å². The van der Waals surface area contributed by atoms with Gasteiger partial charge in [0.15, 0.2) is 0 Å². The van der Waals surface area contributed by atoms with Crippen LogP contribution in [0.25, 0.3) is 0 Å². The van der Waals surface area contributed by atoms with Gasteiger partial charge in [-0.3, -0.25) is 4.79 Å².